The largest absolute Gasteiger partial charge is 0.378 e. The van der Waals surface area contributed by atoms with Gasteiger partial charge in [0.2, 0.25) is 0 Å². The lowest BCUT2D eigenvalue weighted by Crippen LogP contribution is -2.30. The van der Waals surface area contributed by atoms with Crippen molar-refractivity contribution in [3.63, 3.8) is 0 Å². The lowest BCUT2D eigenvalue weighted by molar-refractivity contribution is -0.0838. The first-order valence-corrected chi connectivity index (χ1v) is 4.45. The van der Waals surface area contributed by atoms with E-state index in [1.807, 2.05) is 0 Å². The van der Waals surface area contributed by atoms with E-state index < -0.39 is 0 Å². The Labute approximate surface area is 68.9 Å². The topological polar surface area (TPSA) is 18.5 Å². The van der Waals surface area contributed by atoms with Gasteiger partial charge in [-0.05, 0) is 33.6 Å². The van der Waals surface area contributed by atoms with Crippen molar-refractivity contribution in [1.82, 2.24) is 0 Å². The zero-order valence-electron chi connectivity index (χ0n) is 7.67. The SMILES string of the molecule is CC(C)OC1CCOC(C)C1. The molecule has 0 bridgehead atoms. The lowest BCUT2D eigenvalue weighted by atomic mass is 10.1. The molecule has 0 aromatic carbocycles. The Morgan fingerprint density at radius 3 is 2.73 bits per heavy atom. The van der Waals surface area contributed by atoms with E-state index in [-0.39, 0.29) is 0 Å². The van der Waals surface area contributed by atoms with Crippen molar-refractivity contribution in [3.8, 4) is 0 Å². The van der Waals surface area contributed by atoms with E-state index in [2.05, 4.69) is 20.8 Å². The second-order valence-electron chi connectivity index (χ2n) is 3.51. The molecule has 0 radical (unpaired) electrons. The molecule has 0 aromatic heterocycles. The van der Waals surface area contributed by atoms with Crippen molar-refractivity contribution >= 4 is 0 Å². The maximum atomic E-state index is 5.68. The summed E-state index contributed by atoms with van der Waals surface area (Å²) in [7, 11) is 0. The zero-order valence-corrected chi connectivity index (χ0v) is 7.67. The predicted octanol–water partition coefficient (Wildman–Crippen LogP) is 1.98. The van der Waals surface area contributed by atoms with Crippen molar-refractivity contribution in [3.05, 3.63) is 0 Å². The molecule has 1 aliphatic heterocycles. The monoisotopic (exact) mass is 158 g/mol. The summed E-state index contributed by atoms with van der Waals surface area (Å²) < 4.78 is 11.1. The molecule has 2 unspecified atom stereocenters. The van der Waals surface area contributed by atoms with Gasteiger partial charge in [-0.1, -0.05) is 0 Å². The Hall–Kier alpha value is -0.0800. The van der Waals surface area contributed by atoms with Crippen molar-refractivity contribution in [2.45, 2.75) is 51.9 Å². The molecule has 0 amide bonds. The minimum Gasteiger partial charge on any atom is -0.378 e. The van der Waals surface area contributed by atoms with Crippen LogP contribution in [0.1, 0.15) is 33.6 Å². The molecule has 0 aliphatic carbocycles. The molecule has 1 saturated heterocycles. The highest BCUT2D eigenvalue weighted by Crippen LogP contribution is 2.17. The van der Waals surface area contributed by atoms with Gasteiger partial charge in [-0.15, -0.1) is 0 Å². The lowest BCUT2D eigenvalue weighted by Gasteiger charge is -2.28. The summed E-state index contributed by atoms with van der Waals surface area (Å²) >= 11 is 0. The van der Waals surface area contributed by atoms with Crippen molar-refractivity contribution < 1.29 is 9.47 Å². The van der Waals surface area contributed by atoms with E-state index in [1.54, 1.807) is 0 Å². The maximum Gasteiger partial charge on any atom is 0.0625 e. The molecule has 0 aromatic rings. The summed E-state index contributed by atoms with van der Waals surface area (Å²) in [6, 6.07) is 0. The van der Waals surface area contributed by atoms with Crippen LogP contribution in [-0.4, -0.2) is 24.9 Å². The van der Waals surface area contributed by atoms with Gasteiger partial charge in [0.25, 0.3) is 0 Å². The third-order valence-electron chi connectivity index (χ3n) is 1.90. The number of ether oxygens (including phenoxy) is 2. The maximum absolute atomic E-state index is 5.68. The standard InChI is InChI=1S/C9H18O2/c1-7(2)11-9-4-5-10-8(3)6-9/h7-9H,4-6H2,1-3H3. The second-order valence-corrected chi connectivity index (χ2v) is 3.51. The van der Waals surface area contributed by atoms with Gasteiger partial charge < -0.3 is 9.47 Å². The van der Waals surface area contributed by atoms with Crippen LogP contribution in [-0.2, 0) is 9.47 Å². The summed E-state index contributed by atoms with van der Waals surface area (Å²) in [6.07, 6.45) is 3.28. The summed E-state index contributed by atoms with van der Waals surface area (Å²) in [5.74, 6) is 0. The van der Waals surface area contributed by atoms with Gasteiger partial charge in [0.05, 0.1) is 18.3 Å². The fourth-order valence-corrected chi connectivity index (χ4v) is 1.47. The average Bonchev–Trinajstić information content (AvgIpc) is 1.85. The van der Waals surface area contributed by atoms with Gasteiger partial charge in [0.1, 0.15) is 0 Å². The van der Waals surface area contributed by atoms with Crippen LogP contribution in [0.5, 0.6) is 0 Å². The highest BCUT2D eigenvalue weighted by atomic mass is 16.5. The number of hydrogen-bond acceptors (Lipinski definition) is 2. The van der Waals surface area contributed by atoms with Crippen LogP contribution in [0.15, 0.2) is 0 Å². The van der Waals surface area contributed by atoms with E-state index in [9.17, 15) is 0 Å². The zero-order chi connectivity index (χ0) is 8.27. The Morgan fingerprint density at radius 1 is 1.45 bits per heavy atom. The third kappa shape index (κ3) is 3.21. The fourth-order valence-electron chi connectivity index (χ4n) is 1.47. The highest BCUT2D eigenvalue weighted by Gasteiger charge is 2.20. The van der Waals surface area contributed by atoms with Gasteiger partial charge in [-0.25, -0.2) is 0 Å². The molecular formula is C9H18O2. The Balaban J connectivity index is 2.23. The quantitative estimate of drug-likeness (QED) is 0.611. The van der Waals surface area contributed by atoms with Crippen LogP contribution in [0, 0.1) is 0 Å². The second kappa shape index (κ2) is 4.07. The van der Waals surface area contributed by atoms with Crippen molar-refractivity contribution in [1.29, 1.82) is 0 Å². The van der Waals surface area contributed by atoms with Crippen LogP contribution >= 0.6 is 0 Å². The fraction of sp³-hybridized carbons (Fsp3) is 1.00. The van der Waals surface area contributed by atoms with Gasteiger partial charge in [-0.3, -0.25) is 0 Å². The first-order valence-electron chi connectivity index (χ1n) is 4.45. The van der Waals surface area contributed by atoms with Crippen LogP contribution < -0.4 is 0 Å². The van der Waals surface area contributed by atoms with Crippen molar-refractivity contribution in [2.75, 3.05) is 6.61 Å². The summed E-state index contributed by atoms with van der Waals surface area (Å²) in [6.45, 7) is 7.13. The molecule has 0 N–H and O–H groups in total. The minimum absolute atomic E-state index is 0.352. The summed E-state index contributed by atoms with van der Waals surface area (Å²) in [5.41, 5.74) is 0. The van der Waals surface area contributed by atoms with E-state index in [4.69, 9.17) is 9.47 Å². The molecule has 1 rings (SSSR count). The highest BCUT2D eigenvalue weighted by molar-refractivity contribution is 4.68. The molecule has 0 spiro atoms. The third-order valence-corrected chi connectivity index (χ3v) is 1.90. The molecule has 2 heteroatoms. The summed E-state index contributed by atoms with van der Waals surface area (Å²) in [5, 5.41) is 0. The smallest absolute Gasteiger partial charge is 0.0625 e. The summed E-state index contributed by atoms with van der Waals surface area (Å²) in [4.78, 5) is 0. The van der Waals surface area contributed by atoms with Gasteiger partial charge in [0, 0.05) is 6.61 Å². The molecule has 2 atom stereocenters. The van der Waals surface area contributed by atoms with Crippen molar-refractivity contribution in [2.24, 2.45) is 0 Å². The van der Waals surface area contributed by atoms with E-state index in [0.29, 0.717) is 18.3 Å². The molecule has 11 heavy (non-hydrogen) atoms. The minimum atomic E-state index is 0.352. The first kappa shape index (κ1) is 9.01. The Kier molecular flexibility index (Phi) is 3.34. The predicted molar refractivity (Wildman–Crippen MR) is 44.7 cm³/mol. The number of rotatable bonds is 2. The van der Waals surface area contributed by atoms with Gasteiger partial charge >= 0.3 is 0 Å². The van der Waals surface area contributed by atoms with Crippen LogP contribution in [0.4, 0.5) is 0 Å². The number of hydrogen-bond donors (Lipinski definition) is 0. The molecule has 1 aliphatic rings. The Morgan fingerprint density at radius 2 is 2.18 bits per heavy atom. The average molecular weight is 158 g/mol. The van der Waals surface area contributed by atoms with Gasteiger partial charge in [-0.2, -0.15) is 0 Å². The molecule has 1 heterocycles. The van der Waals surface area contributed by atoms with Gasteiger partial charge in [0.15, 0.2) is 0 Å². The van der Waals surface area contributed by atoms with Crippen LogP contribution in [0.25, 0.3) is 0 Å². The van der Waals surface area contributed by atoms with E-state index in [0.717, 1.165) is 19.4 Å². The molecule has 1 fully saturated rings. The molecule has 0 saturated carbocycles. The first-order chi connectivity index (χ1) is 5.18. The van der Waals surface area contributed by atoms with Crippen LogP contribution in [0.3, 0.4) is 0 Å². The van der Waals surface area contributed by atoms with Crippen LogP contribution in [0.2, 0.25) is 0 Å². The molecule has 2 nitrogen and oxygen atoms in total. The molecular weight excluding hydrogens is 140 g/mol. The molecule has 66 valence electrons. The van der Waals surface area contributed by atoms with E-state index in [1.165, 1.54) is 0 Å². The normalized spacial score (nSPS) is 32.7. The van der Waals surface area contributed by atoms with E-state index >= 15 is 0 Å². The Bertz CT molecular complexity index is 110.